The highest BCUT2D eigenvalue weighted by Gasteiger charge is 2.19. The van der Waals surface area contributed by atoms with Crippen molar-refractivity contribution >= 4 is 40.4 Å². The van der Waals surface area contributed by atoms with Gasteiger partial charge < -0.3 is 9.67 Å². The first-order chi connectivity index (χ1) is 9.40. The summed E-state index contributed by atoms with van der Waals surface area (Å²) >= 11 is 7.24. The van der Waals surface area contributed by atoms with Gasteiger partial charge in [0.25, 0.3) is 0 Å². The van der Waals surface area contributed by atoms with Crippen LogP contribution in [0.5, 0.6) is 0 Å². The lowest BCUT2D eigenvalue weighted by atomic mass is 10.1. The van der Waals surface area contributed by atoms with E-state index in [0.29, 0.717) is 10.9 Å². The number of hydrogen-bond donors (Lipinski definition) is 1. The van der Waals surface area contributed by atoms with Gasteiger partial charge in [-0.05, 0) is 31.0 Å². The molecule has 6 heteroatoms. The zero-order valence-electron chi connectivity index (χ0n) is 11.6. The molecule has 20 heavy (non-hydrogen) atoms. The second kappa shape index (κ2) is 6.06. The van der Waals surface area contributed by atoms with Gasteiger partial charge in [-0.1, -0.05) is 37.2 Å². The minimum absolute atomic E-state index is 0.00185. The van der Waals surface area contributed by atoms with Crippen molar-refractivity contribution in [1.29, 1.82) is 0 Å². The molecule has 0 aliphatic rings. The van der Waals surface area contributed by atoms with Crippen molar-refractivity contribution in [3.8, 4) is 0 Å². The van der Waals surface area contributed by atoms with Gasteiger partial charge in [0.2, 0.25) is 0 Å². The molecule has 108 valence electrons. The van der Waals surface area contributed by atoms with Crippen molar-refractivity contribution < 1.29 is 9.90 Å². The molecular weight excluding hydrogens is 296 g/mol. The van der Waals surface area contributed by atoms with E-state index in [2.05, 4.69) is 30.3 Å². The normalized spacial score (nSPS) is 13.1. The zero-order chi connectivity index (χ0) is 14.9. The van der Waals surface area contributed by atoms with Crippen molar-refractivity contribution in [2.45, 2.75) is 32.0 Å². The summed E-state index contributed by atoms with van der Waals surface area (Å²) in [5, 5.41) is 10.2. The van der Waals surface area contributed by atoms with E-state index >= 15 is 0 Å². The van der Waals surface area contributed by atoms with Crippen molar-refractivity contribution in [1.82, 2.24) is 9.55 Å². The molecule has 0 saturated carbocycles. The summed E-state index contributed by atoms with van der Waals surface area (Å²) in [5.41, 5.74) is 1.79. The number of thioether (sulfide) groups is 1. The molecule has 2 aromatic rings. The maximum absolute atomic E-state index is 10.8. The van der Waals surface area contributed by atoms with Crippen LogP contribution in [0.15, 0.2) is 23.4 Å². The molecule has 1 aromatic heterocycles. The summed E-state index contributed by atoms with van der Waals surface area (Å²) in [5.74, 6) is -0.418. The van der Waals surface area contributed by atoms with Gasteiger partial charge in [0.15, 0.2) is 5.16 Å². The molecular formula is C14H17ClN2O2S. The van der Waals surface area contributed by atoms with Crippen LogP contribution in [0, 0.1) is 5.92 Å². The highest BCUT2D eigenvalue weighted by atomic mass is 35.5. The largest absolute Gasteiger partial charge is 0.481 e. The average molecular weight is 313 g/mol. The van der Waals surface area contributed by atoms with Gasteiger partial charge in [-0.25, -0.2) is 4.98 Å². The molecule has 0 bridgehead atoms. The standard InChI is InChI=1S/C14H17ClN2O2S/c1-8(2)9(3)17-12-5-4-10(15)6-11(12)16-14(17)20-7-13(18)19/h4-6,8-9H,7H2,1-3H3,(H,18,19). The molecule has 0 fully saturated rings. The lowest BCUT2D eigenvalue weighted by Gasteiger charge is -2.20. The van der Waals surface area contributed by atoms with E-state index in [-0.39, 0.29) is 11.8 Å². The van der Waals surface area contributed by atoms with Crippen LogP contribution in [0.1, 0.15) is 26.8 Å². The van der Waals surface area contributed by atoms with Crippen LogP contribution in [-0.2, 0) is 4.79 Å². The number of halogens is 1. The van der Waals surface area contributed by atoms with Gasteiger partial charge in [0.1, 0.15) is 0 Å². The second-order valence-electron chi connectivity index (χ2n) is 5.06. The van der Waals surface area contributed by atoms with Crippen molar-refractivity contribution in [3.63, 3.8) is 0 Å². The van der Waals surface area contributed by atoms with Crippen LogP contribution < -0.4 is 0 Å². The molecule has 0 radical (unpaired) electrons. The molecule has 1 N–H and O–H groups in total. The van der Waals surface area contributed by atoms with E-state index in [9.17, 15) is 4.79 Å². The van der Waals surface area contributed by atoms with Gasteiger partial charge in [-0.2, -0.15) is 0 Å². The van der Waals surface area contributed by atoms with E-state index in [1.165, 1.54) is 11.8 Å². The van der Waals surface area contributed by atoms with Crippen molar-refractivity contribution in [3.05, 3.63) is 23.2 Å². The SMILES string of the molecule is CC(C)C(C)n1c(SCC(=O)O)nc2cc(Cl)ccc21. The lowest BCUT2D eigenvalue weighted by Crippen LogP contribution is -2.13. The Morgan fingerprint density at radius 2 is 2.15 bits per heavy atom. The molecule has 4 nitrogen and oxygen atoms in total. The Balaban J connectivity index is 2.53. The number of hydrogen-bond acceptors (Lipinski definition) is 3. The van der Waals surface area contributed by atoms with E-state index in [0.717, 1.165) is 16.2 Å². The number of fused-ring (bicyclic) bond motifs is 1. The maximum atomic E-state index is 10.8. The molecule has 0 aliphatic heterocycles. The maximum Gasteiger partial charge on any atom is 0.313 e. The Morgan fingerprint density at radius 3 is 2.75 bits per heavy atom. The molecule has 1 aromatic carbocycles. The van der Waals surface area contributed by atoms with E-state index in [1.807, 2.05) is 18.2 Å². The summed E-state index contributed by atoms with van der Waals surface area (Å²) in [4.78, 5) is 15.3. The molecule has 0 saturated heterocycles. The first kappa shape index (κ1) is 15.2. The second-order valence-corrected chi connectivity index (χ2v) is 6.44. The highest BCUT2D eigenvalue weighted by molar-refractivity contribution is 7.99. The van der Waals surface area contributed by atoms with Crippen LogP contribution in [0.25, 0.3) is 11.0 Å². The molecule has 1 unspecified atom stereocenters. The Bertz CT molecular complexity index is 639. The fourth-order valence-electron chi connectivity index (χ4n) is 1.97. The number of carboxylic acid groups (broad SMARTS) is 1. The minimum atomic E-state index is -0.844. The number of aliphatic carboxylic acids is 1. The van der Waals surface area contributed by atoms with Gasteiger partial charge in [0, 0.05) is 11.1 Å². The topological polar surface area (TPSA) is 55.1 Å². The zero-order valence-corrected chi connectivity index (χ0v) is 13.2. The summed E-state index contributed by atoms with van der Waals surface area (Å²) < 4.78 is 2.10. The lowest BCUT2D eigenvalue weighted by molar-refractivity contribution is -0.133. The Hall–Kier alpha value is -1.20. The fourth-order valence-corrected chi connectivity index (χ4v) is 2.96. The Morgan fingerprint density at radius 1 is 1.45 bits per heavy atom. The van der Waals surface area contributed by atoms with Crippen LogP contribution in [-0.4, -0.2) is 26.4 Å². The first-order valence-electron chi connectivity index (χ1n) is 6.42. The van der Waals surface area contributed by atoms with Crippen LogP contribution >= 0.6 is 23.4 Å². The molecule has 0 amide bonds. The molecule has 0 spiro atoms. The third-order valence-electron chi connectivity index (χ3n) is 3.32. The molecule has 1 heterocycles. The Kier molecular flexibility index (Phi) is 4.60. The third kappa shape index (κ3) is 3.10. The first-order valence-corrected chi connectivity index (χ1v) is 7.78. The van der Waals surface area contributed by atoms with E-state index < -0.39 is 5.97 Å². The predicted molar refractivity (Wildman–Crippen MR) is 82.7 cm³/mol. The van der Waals surface area contributed by atoms with E-state index in [1.54, 1.807) is 0 Å². The smallest absolute Gasteiger partial charge is 0.313 e. The monoisotopic (exact) mass is 312 g/mol. The van der Waals surface area contributed by atoms with Gasteiger partial charge >= 0.3 is 5.97 Å². The number of aromatic nitrogens is 2. The molecule has 1 atom stereocenters. The predicted octanol–water partition coefficient (Wildman–Crippen LogP) is 4.08. The van der Waals surface area contributed by atoms with Gasteiger partial charge in [-0.3, -0.25) is 4.79 Å². The number of rotatable bonds is 5. The third-order valence-corrected chi connectivity index (χ3v) is 4.49. The summed E-state index contributed by atoms with van der Waals surface area (Å²) in [7, 11) is 0. The van der Waals surface area contributed by atoms with Crippen molar-refractivity contribution in [2.75, 3.05) is 5.75 Å². The van der Waals surface area contributed by atoms with Gasteiger partial charge in [-0.15, -0.1) is 0 Å². The van der Waals surface area contributed by atoms with Crippen LogP contribution in [0.2, 0.25) is 5.02 Å². The number of nitrogens with zero attached hydrogens (tertiary/aromatic N) is 2. The number of carbonyl (C=O) groups is 1. The summed E-state index contributed by atoms with van der Waals surface area (Å²) in [6, 6.07) is 5.82. The minimum Gasteiger partial charge on any atom is -0.481 e. The Labute approximate surface area is 127 Å². The fraction of sp³-hybridized carbons (Fsp3) is 0.429. The van der Waals surface area contributed by atoms with E-state index in [4.69, 9.17) is 16.7 Å². The van der Waals surface area contributed by atoms with Crippen LogP contribution in [0.4, 0.5) is 0 Å². The van der Waals surface area contributed by atoms with Gasteiger partial charge in [0.05, 0.1) is 16.8 Å². The van der Waals surface area contributed by atoms with Crippen molar-refractivity contribution in [2.24, 2.45) is 5.92 Å². The number of benzene rings is 1. The average Bonchev–Trinajstić information content (AvgIpc) is 2.72. The van der Waals surface area contributed by atoms with Crippen LogP contribution in [0.3, 0.4) is 0 Å². The quantitative estimate of drug-likeness (QED) is 0.845. The number of carboxylic acids is 1. The summed E-state index contributed by atoms with van der Waals surface area (Å²) in [6.07, 6.45) is 0. The summed E-state index contributed by atoms with van der Waals surface area (Å²) in [6.45, 7) is 6.39. The molecule has 0 aliphatic carbocycles. The highest BCUT2D eigenvalue weighted by Crippen LogP contribution is 2.32. The number of imidazole rings is 1. The molecule has 2 rings (SSSR count).